The van der Waals surface area contributed by atoms with Crippen LogP contribution in [0.5, 0.6) is 0 Å². The van der Waals surface area contributed by atoms with Crippen LogP contribution in [0.1, 0.15) is 19.8 Å². The topological polar surface area (TPSA) is 30.7 Å². The third kappa shape index (κ3) is 1.61. The van der Waals surface area contributed by atoms with Gasteiger partial charge in [0.1, 0.15) is 6.33 Å². The van der Waals surface area contributed by atoms with Crippen molar-refractivity contribution in [3.05, 3.63) is 11.6 Å². The molecule has 1 fully saturated rings. The lowest BCUT2D eigenvalue weighted by Gasteiger charge is -2.09. The van der Waals surface area contributed by atoms with E-state index in [9.17, 15) is 0 Å². The van der Waals surface area contributed by atoms with Crippen LogP contribution in [0.3, 0.4) is 0 Å². The number of hydrogen-bond donors (Lipinski definition) is 0. The fourth-order valence-electron chi connectivity index (χ4n) is 1.49. The predicted molar refractivity (Wildman–Crippen MR) is 46.9 cm³/mol. The van der Waals surface area contributed by atoms with Crippen LogP contribution in [0.15, 0.2) is 6.33 Å². The van der Waals surface area contributed by atoms with E-state index >= 15 is 0 Å². The Bertz CT molecular complexity index is 267. The molecular weight excluding hydrogens is 174 g/mol. The van der Waals surface area contributed by atoms with Gasteiger partial charge in [-0.25, -0.2) is 0 Å². The van der Waals surface area contributed by atoms with E-state index in [1.807, 2.05) is 4.57 Å². The van der Waals surface area contributed by atoms with Gasteiger partial charge < -0.3 is 4.57 Å². The molecule has 12 heavy (non-hydrogen) atoms. The molecule has 1 aromatic heterocycles. The fourth-order valence-corrected chi connectivity index (χ4v) is 1.64. The third-order valence-electron chi connectivity index (χ3n) is 2.48. The molecule has 0 bridgehead atoms. The molecule has 1 heterocycles. The third-order valence-corrected chi connectivity index (χ3v) is 2.77. The summed E-state index contributed by atoms with van der Waals surface area (Å²) in [7, 11) is 0. The van der Waals surface area contributed by atoms with E-state index in [1.54, 1.807) is 6.33 Å². The molecule has 0 amide bonds. The molecule has 0 saturated heterocycles. The Kier molecular flexibility index (Phi) is 2.05. The summed E-state index contributed by atoms with van der Waals surface area (Å²) in [5.41, 5.74) is 0. The minimum Gasteiger partial charge on any atom is -0.304 e. The largest absolute Gasteiger partial charge is 0.304 e. The minimum atomic E-state index is 0.502. The maximum Gasteiger partial charge on any atom is 0.224 e. The van der Waals surface area contributed by atoms with Gasteiger partial charge in [-0.15, -0.1) is 10.2 Å². The van der Waals surface area contributed by atoms with Gasteiger partial charge in [0, 0.05) is 6.54 Å². The first kappa shape index (κ1) is 8.05. The molecule has 1 aliphatic rings. The first-order valence-electron chi connectivity index (χ1n) is 4.30. The summed E-state index contributed by atoms with van der Waals surface area (Å²) in [6, 6.07) is 0. The van der Waals surface area contributed by atoms with Gasteiger partial charge in [0.05, 0.1) is 0 Å². The Labute approximate surface area is 76.7 Å². The lowest BCUT2D eigenvalue weighted by molar-refractivity contribution is 0.430. The maximum absolute atomic E-state index is 5.80. The Hall–Kier alpha value is -0.570. The quantitative estimate of drug-likeness (QED) is 0.721. The van der Waals surface area contributed by atoms with Crippen molar-refractivity contribution < 1.29 is 0 Å². The second kappa shape index (κ2) is 3.05. The lowest BCUT2D eigenvalue weighted by atomic mass is 10.1. The van der Waals surface area contributed by atoms with Gasteiger partial charge in [-0.05, 0) is 36.3 Å². The van der Waals surface area contributed by atoms with Crippen LogP contribution in [0.25, 0.3) is 0 Å². The zero-order valence-corrected chi connectivity index (χ0v) is 7.83. The van der Waals surface area contributed by atoms with Crippen LogP contribution >= 0.6 is 11.6 Å². The average molecular weight is 186 g/mol. The van der Waals surface area contributed by atoms with Gasteiger partial charge in [-0.2, -0.15) is 0 Å². The molecular formula is C8H12ClN3. The smallest absolute Gasteiger partial charge is 0.224 e. The highest BCUT2D eigenvalue weighted by molar-refractivity contribution is 6.28. The molecule has 1 unspecified atom stereocenters. The summed E-state index contributed by atoms with van der Waals surface area (Å²) < 4.78 is 1.91. The van der Waals surface area contributed by atoms with Gasteiger partial charge in [0.2, 0.25) is 5.28 Å². The molecule has 1 aliphatic carbocycles. The molecule has 0 spiro atoms. The summed E-state index contributed by atoms with van der Waals surface area (Å²) in [6.07, 6.45) is 4.45. The fraction of sp³-hybridized carbons (Fsp3) is 0.750. The molecule has 0 N–H and O–H groups in total. The van der Waals surface area contributed by atoms with Crippen LogP contribution in [-0.4, -0.2) is 14.8 Å². The second-order valence-electron chi connectivity index (χ2n) is 3.57. The van der Waals surface area contributed by atoms with Crippen LogP contribution < -0.4 is 0 Å². The van der Waals surface area contributed by atoms with E-state index in [0.717, 1.165) is 12.5 Å². The Morgan fingerprint density at radius 3 is 3.00 bits per heavy atom. The van der Waals surface area contributed by atoms with Crippen molar-refractivity contribution in [1.82, 2.24) is 14.8 Å². The molecule has 0 aliphatic heterocycles. The number of halogens is 1. The molecule has 1 saturated carbocycles. The minimum absolute atomic E-state index is 0.502. The maximum atomic E-state index is 5.80. The zero-order valence-electron chi connectivity index (χ0n) is 7.07. The highest BCUT2D eigenvalue weighted by atomic mass is 35.5. The van der Waals surface area contributed by atoms with Gasteiger partial charge in [-0.1, -0.05) is 6.92 Å². The van der Waals surface area contributed by atoms with Crippen LogP contribution in [0, 0.1) is 11.8 Å². The second-order valence-corrected chi connectivity index (χ2v) is 3.91. The molecule has 0 aromatic carbocycles. The van der Waals surface area contributed by atoms with Crippen LogP contribution in [0.4, 0.5) is 0 Å². The number of aromatic nitrogens is 3. The van der Waals surface area contributed by atoms with E-state index < -0.39 is 0 Å². The standard InChI is InChI=1S/C8H12ClN3/c1-6(7-2-3-7)4-12-5-10-11-8(12)9/h5-7H,2-4H2,1H3. The molecule has 66 valence electrons. The Balaban J connectivity index is 1.97. The van der Waals surface area contributed by atoms with E-state index in [4.69, 9.17) is 11.6 Å². The number of hydrogen-bond acceptors (Lipinski definition) is 2. The number of nitrogens with zero attached hydrogens (tertiary/aromatic N) is 3. The zero-order chi connectivity index (χ0) is 8.55. The first-order valence-corrected chi connectivity index (χ1v) is 4.68. The summed E-state index contributed by atoms with van der Waals surface area (Å²) in [5.74, 6) is 1.61. The van der Waals surface area contributed by atoms with Crippen molar-refractivity contribution in [2.24, 2.45) is 11.8 Å². The van der Waals surface area contributed by atoms with Crippen molar-refractivity contribution in [3.8, 4) is 0 Å². The summed E-state index contributed by atoms with van der Waals surface area (Å²) in [4.78, 5) is 0. The highest BCUT2D eigenvalue weighted by Gasteiger charge is 2.28. The van der Waals surface area contributed by atoms with E-state index in [2.05, 4.69) is 17.1 Å². The van der Waals surface area contributed by atoms with Crippen molar-refractivity contribution in [2.45, 2.75) is 26.3 Å². The van der Waals surface area contributed by atoms with E-state index in [-0.39, 0.29) is 0 Å². The Morgan fingerprint density at radius 2 is 2.50 bits per heavy atom. The molecule has 1 aromatic rings. The van der Waals surface area contributed by atoms with Gasteiger partial charge >= 0.3 is 0 Å². The van der Waals surface area contributed by atoms with Crippen molar-refractivity contribution >= 4 is 11.6 Å². The van der Waals surface area contributed by atoms with Crippen molar-refractivity contribution in [1.29, 1.82) is 0 Å². The van der Waals surface area contributed by atoms with E-state index in [1.165, 1.54) is 12.8 Å². The van der Waals surface area contributed by atoms with Crippen LogP contribution in [0.2, 0.25) is 5.28 Å². The SMILES string of the molecule is CC(Cn1cnnc1Cl)C1CC1. The van der Waals surface area contributed by atoms with Gasteiger partial charge in [0.15, 0.2) is 0 Å². The highest BCUT2D eigenvalue weighted by Crippen LogP contribution is 2.37. The average Bonchev–Trinajstić information content (AvgIpc) is 2.80. The predicted octanol–water partition coefficient (Wildman–Crippen LogP) is 1.98. The molecule has 4 heteroatoms. The van der Waals surface area contributed by atoms with Crippen LogP contribution in [-0.2, 0) is 6.54 Å². The summed E-state index contributed by atoms with van der Waals surface area (Å²) >= 11 is 5.80. The van der Waals surface area contributed by atoms with Gasteiger partial charge in [0.25, 0.3) is 0 Å². The van der Waals surface area contributed by atoms with E-state index in [0.29, 0.717) is 11.2 Å². The normalized spacial score (nSPS) is 19.5. The van der Waals surface area contributed by atoms with Crippen molar-refractivity contribution in [3.63, 3.8) is 0 Å². The van der Waals surface area contributed by atoms with Gasteiger partial charge in [-0.3, -0.25) is 0 Å². The molecule has 2 rings (SSSR count). The molecule has 3 nitrogen and oxygen atoms in total. The summed E-state index contributed by atoms with van der Waals surface area (Å²) in [5, 5.41) is 7.97. The molecule has 1 atom stereocenters. The molecule has 0 radical (unpaired) electrons. The summed E-state index contributed by atoms with van der Waals surface area (Å²) in [6.45, 7) is 3.21. The monoisotopic (exact) mass is 185 g/mol. The van der Waals surface area contributed by atoms with Crippen molar-refractivity contribution in [2.75, 3.05) is 0 Å². The lowest BCUT2D eigenvalue weighted by Crippen LogP contribution is -2.08. The number of rotatable bonds is 3. The first-order chi connectivity index (χ1) is 5.77. The Morgan fingerprint density at radius 1 is 1.75 bits per heavy atom.